The van der Waals surface area contributed by atoms with Gasteiger partial charge in [-0.1, -0.05) is 18.5 Å². The molecule has 0 radical (unpaired) electrons. The van der Waals surface area contributed by atoms with E-state index in [1.165, 1.54) is 18.5 Å². The van der Waals surface area contributed by atoms with E-state index in [1.807, 2.05) is 0 Å². The number of nitrogens with zero attached hydrogens (tertiary/aromatic N) is 3. The molecule has 1 N–H and O–H groups in total. The number of carbonyl (C=O) groups is 1. The number of hydrogen-bond acceptors (Lipinski definition) is 4. The Morgan fingerprint density at radius 3 is 2.44 bits per heavy atom. The molecule has 1 aliphatic rings. The average Bonchev–Trinajstić information content (AvgIpc) is 2.63. The van der Waals surface area contributed by atoms with E-state index in [9.17, 15) is 18.0 Å². The van der Waals surface area contributed by atoms with Crippen molar-refractivity contribution < 1.29 is 18.0 Å². The third-order valence-electron chi connectivity index (χ3n) is 4.50. The Balaban J connectivity index is 1.70. The van der Waals surface area contributed by atoms with Crippen LogP contribution < -0.4 is 10.2 Å². The summed E-state index contributed by atoms with van der Waals surface area (Å²) in [5.41, 5.74) is -0.855. The molecule has 1 saturated heterocycles. The summed E-state index contributed by atoms with van der Waals surface area (Å²) < 4.78 is 38.7. The molecule has 1 aromatic heterocycles. The highest BCUT2D eigenvalue weighted by Crippen LogP contribution is 2.36. The quantitative estimate of drug-likeness (QED) is 0.818. The first-order valence-electron chi connectivity index (χ1n) is 8.49. The minimum Gasteiger partial charge on any atom is -0.341 e. The van der Waals surface area contributed by atoms with E-state index in [-0.39, 0.29) is 11.3 Å². The normalized spacial score (nSPS) is 15.7. The molecular formula is C18H18ClF3N4O. The predicted molar refractivity (Wildman–Crippen MR) is 97.1 cm³/mol. The average molecular weight is 399 g/mol. The number of alkyl halides is 3. The summed E-state index contributed by atoms with van der Waals surface area (Å²) in [6.45, 7) is 3.92. The first-order valence-corrected chi connectivity index (χ1v) is 8.87. The number of halogens is 4. The van der Waals surface area contributed by atoms with Crippen molar-refractivity contribution in [3.63, 3.8) is 0 Å². The van der Waals surface area contributed by atoms with Crippen LogP contribution in [0, 0.1) is 5.92 Å². The number of nitrogens with one attached hydrogen (secondary N) is 1. The van der Waals surface area contributed by atoms with Crippen LogP contribution >= 0.6 is 11.6 Å². The van der Waals surface area contributed by atoms with Gasteiger partial charge in [0, 0.05) is 31.2 Å². The topological polar surface area (TPSA) is 58.1 Å². The Hall–Kier alpha value is -2.35. The van der Waals surface area contributed by atoms with E-state index >= 15 is 0 Å². The van der Waals surface area contributed by atoms with Crippen LogP contribution in [0.25, 0.3) is 0 Å². The zero-order chi connectivity index (χ0) is 19.6. The van der Waals surface area contributed by atoms with E-state index in [0.717, 1.165) is 38.1 Å². The Labute approximate surface area is 159 Å². The molecule has 0 saturated carbocycles. The van der Waals surface area contributed by atoms with Gasteiger partial charge in [0.2, 0.25) is 5.95 Å². The molecule has 3 rings (SSSR count). The molecule has 1 fully saturated rings. The van der Waals surface area contributed by atoms with Gasteiger partial charge in [0.1, 0.15) is 0 Å². The van der Waals surface area contributed by atoms with Gasteiger partial charge in [-0.3, -0.25) is 4.79 Å². The summed E-state index contributed by atoms with van der Waals surface area (Å²) in [6, 6.07) is 3.20. The van der Waals surface area contributed by atoms with Crippen molar-refractivity contribution in [1.82, 2.24) is 9.97 Å². The lowest BCUT2D eigenvalue weighted by Crippen LogP contribution is -2.34. The molecule has 1 aliphatic heterocycles. The molecule has 144 valence electrons. The Morgan fingerprint density at radius 1 is 1.22 bits per heavy atom. The van der Waals surface area contributed by atoms with Crippen LogP contribution in [0.1, 0.15) is 35.7 Å². The Morgan fingerprint density at radius 2 is 1.85 bits per heavy atom. The molecule has 1 amide bonds. The molecule has 9 heteroatoms. The highest BCUT2D eigenvalue weighted by molar-refractivity contribution is 6.31. The number of amides is 1. The van der Waals surface area contributed by atoms with Crippen molar-refractivity contribution in [2.45, 2.75) is 25.9 Å². The lowest BCUT2D eigenvalue weighted by atomic mass is 10.00. The number of carbonyl (C=O) groups excluding carboxylic acids is 1. The summed E-state index contributed by atoms with van der Waals surface area (Å²) in [5.74, 6) is 0.626. The number of aromatic nitrogens is 2. The van der Waals surface area contributed by atoms with Gasteiger partial charge in [0.05, 0.1) is 16.1 Å². The minimum absolute atomic E-state index is 0.00850. The van der Waals surface area contributed by atoms with Crippen LogP contribution in [-0.4, -0.2) is 29.0 Å². The second-order valence-corrected chi connectivity index (χ2v) is 7.00. The van der Waals surface area contributed by atoms with Gasteiger partial charge in [-0.2, -0.15) is 13.2 Å². The molecule has 1 aromatic carbocycles. The monoisotopic (exact) mass is 398 g/mol. The van der Waals surface area contributed by atoms with Gasteiger partial charge in [0.15, 0.2) is 0 Å². The van der Waals surface area contributed by atoms with Crippen molar-refractivity contribution in [2.24, 2.45) is 5.92 Å². The Kier molecular flexibility index (Phi) is 5.55. The predicted octanol–water partition coefficient (Wildman–Crippen LogP) is 4.64. The third kappa shape index (κ3) is 4.68. The standard InChI is InChI=1S/C18H18ClF3N4O/c1-11-4-6-26(7-5-11)17-23-9-12(10-24-17)16(27)25-13-2-3-15(19)14(8-13)18(20,21)22/h2-3,8-11H,4-7H2,1H3,(H,25,27). The summed E-state index contributed by atoms with van der Waals surface area (Å²) >= 11 is 5.58. The number of anilines is 2. The van der Waals surface area contributed by atoms with Gasteiger partial charge >= 0.3 is 6.18 Å². The second-order valence-electron chi connectivity index (χ2n) is 6.59. The molecule has 0 bridgehead atoms. The molecule has 27 heavy (non-hydrogen) atoms. The molecule has 0 spiro atoms. The van der Waals surface area contributed by atoms with Gasteiger partial charge in [-0.25, -0.2) is 9.97 Å². The Bertz CT molecular complexity index is 818. The third-order valence-corrected chi connectivity index (χ3v) is 4.83. The number of rotatable bonds is 3. The molecule has 0 unspecified atom stereocenters. The first-order chi connectivity index (χ1) is 12.7. The fraction of sp³-hybridized carbons (Fsp3) is 0.389. The van der Waals surface area contributed by atoms with Gasteiger partial charge in [0.25, 0.3) is 5.91 Å². The fourth-order valence-electron chi connectivity index (χ4n) is 2.83. The van der Waals surface area contributed by atoms with Crippen molar-refractivity contribution in [3.8, 4) is 0 Å². The van der Waals surface area contributed by atoms with Gasteiger partial charge in [-0.05, 0) is 37.0 Å². The van der Waals surface area contributed by atoms with E-state index < -0.39 is 22.7 Å². The first kappa shape index (κ1) is 19.4. The lowest BCUT2D eigenvalue weighted by Gasteiger charge is -2.30. The molecule has 2 heterocycles. The van der Waals surface area contributed by atoms with E-state index in [0.29, 0.717) is 11.9 Å². The van der Waals surface area contributed by atoms with Crippen LogP contribution in [0.4, 0.5) is 24.8 Å². The summed E-state index contributed by atoms with van der Waals surface area (Å²) in [6.07, 6.45) is 0.258. The smallest absolute Gasteiger partial charge is 0.341 e. The molecular weight excluding hydrogens is 381 g/mol. The maximum absolute atomic E-state index is 12.9. The fourth-order valence-corrected chi connectivity index (χ4v) is 3.06. The maximum Gasteiger partial charge on any atom is 0.417 e. The van der Waals surface area contributed by atoms with Crippen molar-refractivity contribution >= 4 is 29.1 Å². The van der Waals surface area contributed by atoms with Crippen LogP contribution in [0.5, 0.6) is 0 Å². The summed E-state index contributed by atoms with van der Waals surface area (Å²) in [7, 11) is 0. The second kappa shape index (κ2) is 7.72. The van der Waals surface area contributed by atoms with Crippen molar-refractivity contribution in [3.05, 3.63) is 46.7 Å². The van der Waals surface area contributed by atoms with Crippen molar-refractivity contribution in [1.29, 1.82) is 0 Å². The van der Waals surface area contributed by atoms with Crippen LogP contribution in [0.15, 0.2) is 30.6 Å². The number of piperidine rings is 1. The minimum atomic E-state index is -4.60. The molecule has 0 atom stereocenters. The van der Waals surface area contributed by atoms with Gasteiger partial charge in [-0.15, -0.1) is 0 Å². The van der Waals surface area contributed by atoms with E-state index in [4.69, 9.17) is 11.6 Å². The lowest BCUT2D eigenvalue weighted by molar-refractivity contribution is -0.137. The van der Waals surface area contributed by atoms with Crippen LogP contribution in [0.3, 0.4) is 0 Å². The SMILES string of the molecule is CC1CCN(c2ncc(C(=O)Nc3ccc(Cl)c(C(F)(F)F)c3)cn2)CC1. The van der Waals surface area contributed by atoms with Crippen LogP contribution in [0.2, 0.25) is 5.02 Å². The molecule has 5 nitrogen and oxygen atoms in total. The largest absolute Gasteiger partial charge is 0.417 e. The van der Waals surface area contributed by atoms with E-state index in [1.54, 1.807) is 0 Å². The summed E-state index contributed by atoms with van der Waals surface area (Å²) in [5, 5.41) is 1.98. The van der Waals surface area contributed by atoms with Crippen LogP contribution in [-0.2, 0) is 6.18 Å². The highest BCUT2D eigenvalue weighted by Gasteiger charge is 2.33. The molecule has 0 aliphatic carbocycles. The van der Waals surface area contributed by atoms with E-state index in [2.05, 4.69) is 27.1 Å². The molecule has 2 aromatic rings. The highest BCUT2D eigenvalue weighted by atomic mass is 35.5. The maximum atomic E-state index is 12.9. The number of hydrogen-bond donors (Lipinski definition) is 1. The zero-order valence-electron chi connectivity index (χ0n) is 14.6. The number of benzene rings is 1. The van der Waals surface area contributed by atoms with Gasteiger partial charge < -0.3 is 10.2 Å². The zero-order valence-corrected chi connectivity index (χ0v) is 15.3. The summed E-state index contributed by atoms with van der Waals surface area (Å²) in [4.78, 5) is 22.8. The van der Waals surface area contributed by atoms with Crippen molar-refractivity contribution in [2.75, 3.05) is 23.3 Å².